The molecule has 2 N–H and O–H groups in total. The van der Waals surface area contributed by atoms with E-state index >= 15 is 0 Å². The Morgan fingerprint density at radius 3 is 2.65 bits per heavy atom. The van der Waals surface area contributed by atoms with Gasteiger partial charge in [-0.2, -0.15) is 5.10 Å². The monoisotopic (exact) mass is 428 g/mol. The highest BCUT2D eigenvalue weighted by Gasteiger charge is 2.24. The molecule has 1 aliphatic heterocycles. The summed E-state index contributed by atoms with van der Waals surface area (Å²) in [5.41, 5.74) is 2.46. The molecule has 1 unspecified atom stereocenters. The molecule has 2 heterocycles. The lowest BCUT2D eigenvalue weighted by molar-refractivity contribution is 0.0555. The van der Waals surface area contributed by atoms with Gasteiger partial charge in [-0.05, 0) is 69.1 Å². The molecule has 1 aromatic heterocycles. The lowest BCUT2D eigenvalue weighted by atomic mass is 9.97. The molecule has 1 aliphatic carbocycles. The Labute approximate surface area is 182 Å². The molecular formula is C23H32N4O4. The summed E-state index contributed by atoms with van der Waals surface area (Å²) < 4.78 is 7.72. The van der Waals surface area contributed by atoms with E-state index in [1.807, 2.05) is 36.9 Å². The number of carboxylic acid groups (broad SMARTS) is 1. The second-order valence-corrected chi connectivity index (χ2v) is 9.03. The lowest BCUT2D eigenvalue weighted by Crippen LogP contribution is -2.38. The van der Waals surface area contributed by atoms with E-state index in [4.69, 9.17) is 9.84 Å². The van der Waals surface area contributed by atoms with Gasteiger partial charge in [0, 0.05) is 49.9 Å². The Morgan fingerprint density at radius 2 is 1.97 bits per heavy atom. The number of benzene rings is 1. The van der Waals surface area contributed by atoms with Crippen molar-refractivity contribution in [2.24, 2.45) is 11.8 Å². The highest BCUT2D eigenvalue weighted by Crippen LogP contribution is 2.29. The van der Waals surface area contributed by atoms with Crippen molar-refractivity contribution in [1.29, 1.82) is 0 Å². The lowest BCUT2D eigenvalue weighted by Gasteiger charge is -2.29. The highest BCUT2D eigenvalue weighted by molar-refractivity contribution is 6.00. The zero-order chi connectivity index (χ0) is 22.0. The molecule has 0 bridgehead atoms. The Bertz CT molecular complexity index is 944. The number of carbonyl (C=O) groups is 2. The van der Waals surface area contributed by atoms with Gasteiger partial charge in [-0.3, -0.25) is 9.48 Å². The summed E-state index contributed by atoms with van der Waals surface area (Å²) in [5.74, 6) is 1.03. The molecule has 2 aromatic rings. The molecule has 168 valence electrons. The fourth-order valence-corrected chi connectivity index (χ4v) is 4.17. The van der Waals surface area contributed by atoms with Crippen molar-refractivity contribution in [2.75, 3.05) is 26.2 Å². The van der Waals surface area contributed by atoms with Gasteiger partial charge in [-0.25, -0.2) is 4.79 Å². The van der Waals surface area contributed by atoms with E-state index in [1.54, 1.807) is 0 Å². The molecule has 8 heteroatoms. The molecule has 1 saturated heterocycles. The van der Waals surface area contributed by atoms with Crippen molar-refractivity contribution in [2.45, 2.75) is 52.2 Å². The van der Waals surface area contributed by atoms with Crippen molar-refractivity contribution < 1.29 is 19.4 Å². The van der Waals surface area contributed by atoms with Gasteiger partial charge in [0.05, 0.1) is 11.6 Å². The number of nitrogens with zero attached hydrogens (tertiary/aromatic N) is 3. The molecule has 0 spiro atoms. The average Bonchev–Trinajstić information content (AvgIpc) is 3.49. The highest BCUT2D eigenvalue weighted by atomic mass is 16.5. The summed E-state index contributed by atoms with van der Waals surface area (Å²) in [4.78, 5) is 25.3. The van der Waals surface area contributed by atoms with Crippen molar-refractivity contribution in [1.82, 2.24) is 20.0 Å². The second kappa shape index (κ2) is 9.26. The van der Waals surface area contributed by atoms with E-state index in [1.165, 1.54) is 17.7 Å². The summed E-state index contributed by atoms with van der Waals surface area (Å²) in [6.07, 6.45) is 5.37. The smallest absolute Gasteiger partial charge is 0.407 e. The molecule has 0 radical (unpaired) electrons. The molecule has 2 fully saturated rings. The Kier molecular flexibility index (Phi) is 6.46. The van der Waals surface area contributed by atoms with Gasteiger partial charge < -0.3 is 20.1 Å². The maximum atomic E-state index is 12.7. The fourth-order valence-electron chi connectivity index (χ4n) is 4.17. The first kappa shape index (κ1) is 21.6. The van der Waals surface area contributed by atoms with Crippen LogP contribution in [0.2, 0.25) is 0 Å². The molecule has 1 aromatic carbocycles. The molecule has 1 saturated carbocycles. The molecule has 2 aliphatic rings. The van der Waals surface area contributed by atoms with Gasteiger partial charge in [0.25, 0.3) is 5.91 Å². The molecule has 8 nitrogen and oxygen atoms in total. The Balaban J connectivity index is 1.36. The van der Waals surface area contributed by atoms with E-state index < -0.39 is 6.09 Å². The molecule has 2 amide bonds. The Hall–Kier alpha value is -2.61. The zero-order valence-corrected chi connectivity index (χ0v) is 18.3. The number of aromatic nitrogens is 2. The van der Waals surface area contributed by atoms with E-state index in [0.717, 1.165) is 42.5 Å². The van der Waals surface area contributed by atoms with Crippen molar-refractivity contribution >= 4 is 22.9 Å². The SMILES string of the molecule is Cc1c(C(=O)NCC(C)OCC2CC2)ccc2nn(CC3CCN(C(=O)O)CC3)cc12. The van der Waals surface area contributed by atoms with Gasteiger partial charge in [-0.15, -0.1) is 0 Å². The van der Waals surface area contributed by atoms with Crippen LogP contribution >= 0.6 is 0 Å². The van der Waals surface area contributed by atoms with E-state index in [9.17, 15) is 9.59 Å². The normalized spacial score (nSPS) is 18.3. The predicted molar refractivity (Wildman–Crippen MR) is 117 cm³/mol. The van der Waals surface area contributed by atoms with Gasteiger partial charge in [0.15, 0.2) is 0 Å². The third-order valence-corrected chi connectivity index (χ3v) is 6.44. The molecule has 31 heavy (non-hydrogen) atoms. The number of aryl methyl sites for hydroxylation is 1. The van der Waals surface area contributed by atoms with Gasteiger partial charge in [-0.1, -0.05) is 0 Å². The number of amides is 2. The van der Waals surface area contributed by atoms with E-state index in [0.29, 0.717) is 37.0 Å². The Morgan fingerprint density at radius 1 is 1.23 bits per heavy atom. The van der Waals surface area contributed by atoms with Crippen LogP contribution in [-0.4, -0.2) is 64.1 Å². The van der Waals surface area contributed by atoms with Crippen LogP contribution in [0.1, 0.15) is 48.5 Å². The van der Waals surface area contributed by atoms with Gasteiger partial charge >= 0.3 is 6.09 Å². The number of piperidine rings is 1. The summed E-state index contributed by atoms with van der Waals surface area (Å²) in [6, 6.07) is 3.74. The quantitative estimate of drug-likeness (QED) is 0.673. The number of nitrogens with one attached hydrogen (secondary N) is 1. The number of hydrogen-bond acceptors (Lipinski definition) is 4. The summed E-state index contributed by atoms with van der Waals surface area (Å²) in [6.45, 7) is 7.15. The number of likely N-dealkylation sites (tertiary alicyclic amines) is 1. The van der Waals surface area contributed by atoms with Crippen molar-refractivity contribution in [3.8, 4) is 0 Å². The number of rotatable bonds is 8. The number of carbonyl (C=O) groups excluding carboxylic acids is 1. The van der Waals surface area contributed by atoms with E-state index in [-0.39, 0.29) is 12.0 Å². The van der Waals surface area contributed by atoms with Crippen LogP contribution in [0, 0.1) is 18.8 Å². The summed E-state index contributed by atoms with van der Waals surface area (Å²) in [7, 11) is 0. The maximum Gasteiger partial charge on any atom is 0.407 e. The molecule has 4 rings (SSSR count). The van der Waals surface area contributed by atoms with Crippen LogP contribution in [0.3, 0.4) is 0 Å². The first-order valence-electron chi connectivity index (χ1n) is 11.2. The minimum absolute atomic E-state index is 0.00359. The van der Waals surface area contributed by atoms with Crippen LogP contribution in [0.4, 0.5) is 4.79 Å². The topological polar surface area (TPSA) is 96.7 Å². The number of fused-ring (bicyclic) bond motifs is 1. The second-order valence-electron chi connectivity index (χ2n) is 9.03. The third kappa shape index (κ3) is 5.36. The van der Waals surface area contributed by atoms with Crippen molar-refractivity contribution in [3.05, 3.63) is 29.5 Å². The van der Waals surface area contributed by atoms with Crippen LogP contribution in [0.5, 0.6) is 0 Å². The fraction of sp³-hybridized carbons (Fsp3) is 0.609. The summed E-state index contributed by atoms with van der Waals surface area (Å²) in [5, 5.41) is 17.7. The maximum absolute atomic E-state index is 12.7. The van der Waals surface area contributed by atoms with Gasteiger partial charge in [0.2, 0.25) is 0 Å². The zero-order valence-electron chi connectivity index (χ0n) is 18.3. The minimum Gasteiger partial charge on any atom is -0.465 e. The van der Waals surface area contributed by atoms with Crippen LogP contribution in [-0.2, 0) is 11.3 Å². The standard InChI is InChI=1S/C23H32N4O4/c1-15(31-14-18-3-4-18)11-24-22(28)19-5-6-21-20(16(19)2)13-27(25-21)12-17-7-9-26(10-8-17)23(29)30/h5-6,13,15,17-18H,3-4,7-12,14H2,1-2H3,(H,24,28)(H,29,30). The largest absolute Gasteiger partial charge is 0.465 e. The third-order valence-electron chi connectivity index (χ3n) is 6.44. The molecular weight excluding hydrogens is 396 g/mol. The first-order valence-corrected chi connectivity index (χ1v) is 11.2. The van der Waals surface area contributed by atoms with Crippen LogP contribution in [0.25, 0.3) is 10.9 Å². The minimum atomic E-state index is -0.839. The first-order chi connectivity index (χ1) is 14.9. The number of hydrogen-bond donors (Lipinski definition) is 2. The van der Waals surface area contributed by atoms with Crippen LogP contribution in [0.15, 0.2) is 18.3 Å². The van der Waals surface area contributed by atoms with Crippen LogP contribution < -0.4 is 5.32 Å². The van der Waals surface area contributed by atoms with E-state index in [2.05, 4.69) is 10.4 Å². The molecule has 1 atom stereocenters. The predicted octanol–water partition coefficient (Wildman–Crippen LogP) is 3.28. The van der Waals surface area contributed by atoms with Crippen molar-refractivity contribution in [3.63, 3.8) is 0 Å². The van der Waals surface area contributed by atoms with Gasteiger partial charge in [0.1, 0.15) is 0 Å². The number of ether oxygens (including phenoxy) is 1. The summed E-state index contributed by atoms with van der Waals surface area (Å²) >= 11 is 0. The average molecular weight is 429 g/mol.